The van der Waals surface area contributed by atoms with Gasteiger partial charge in [0.05, 0.1) is 5.57 Å². The fourth-order valence-corrected chi connectivity index (χ4v) is 4.60. The van der Waals surface area contributed by atoms with Crippen LogP contribution >= 0.6 is 0 Å². The van der Waals surface area contributed by atoms with Crippen molar-refractivity contribution >= 4 is 11.4 Å². The molecule has 146 valence electrons. The van der Waals surface area contributed by atoms with Gasteiger partial charge in [-0.25, -0.2) is 0 Å². The smallest absolute Gasteiger partial charge is 0.167 e. The number of ether oxygens (including phenoxy) is 1. The van der Waals surface area contributed by atoms with E-state index < -0.39 is 0 Å². The minimum absolute atomic E-state index is 0.0779. The van der Waals surface area contributed by atoms with Crippen LogP contribution in [0.1, 0.15) is 43.2 Å². The largest absolute Gasteiger partial charge is 0.512 e. The van der Waals surface area contributed by atoms with Gasteiger partial charge in [-0.1, -0.05) is 42.5 Å². The van der Waals surface area contributed by atoms with Gasteiger partial charge in [0.25, 0.3) is 0 Å². The Morgan fingerprint density at radius 2 is 1.71 bits per heavy atom. The summed E-state index contributed by atoms with van der Waals surface area (Å²) < 4.78 is 5.44. The van der Waals surface area contributed by atoms with E-state index in [9.17, 15) is 9.90 Å². The topological polar surface area (TPSA) is 46.5 Å². The first-order chi connectivity index (χ1) is 13.6. The van der Waals surface area contributed by atoms with Crippen molar-refractivity contribution < 1.29 is 14.6 Å². The number of benzene rings is 2. The van der Waals surface area contributed by atoms with Crippen LogP contribution in [0.25, 0.3) is 16.7 Å². The van der Waals surface area contributed by atoms with Crippen molar-refractivity contribution in [3.05, 3.63) is 65.4 Å². The zero-order chi connectivity index (χ0) is 19.5. The second-order valence-electron chi connectivity index (χ2n) is 8.21. The highest BCUT2D eigenvalue weighted by Gasteiger charge is 2.31. The molecule has 0 radical (unpaired) electrons. The summed E-state index contributed by atoms with van der Waals surface area (Å²) in [4.78, 5) is 13.0. The lowest BCUT2D eigenvalue weighted by atomic mass is 9.77. The molecule has 1 aliphatic carbocycles. The van der Waals surface area contributed by atoms with Crippen LogP contribution in [0.2, 0.25) is 0 Å². The van der Waals surface area contributed by atoms with E-state index in [2.05, 4.69) is 18.2 Å². The van der Waals surface area contributed by atoms with Crippen LogP contribution < -0.4 is 0 Å². The Morgan fingerprint density at radius 3 is 2.43 bits per heavy atom. The maximum atomic E-state index is 13.0. The summed E-state index contributed by atoms with van der Waals surface area (Å²) in [5.41, 5.74) is 4.60. The Kier molecular flexibility index (Phi) is 5.63. The summed E-state index contributed by atoms with van der Waals surface area (Å²) in [5.74, 6) is 1.21. The van der Waals surface area contributed by atoms with E-state index in [4.69, 9.17) is 4.74 Å². The molecule has 1 N–H and O–H groups in total. The predicted molar refractivity (Wildman–Crippen MR) is 112 cm³/mol. The van der Waals surface area contributed by atoms with Crippen molar-refractivity contribution in [2.75, 3.05) is 13.2 Å². The van der Waals surface area contributed by atoms with Crippen LogP contribution in [0, 0.1) is 18.8 Å². The second-order valence-corrected chi connectivity index (χ2v) is 8.21. The quantitative estimate of drug-likeness (QED) is 0.741. The molecule has 2 aliphatic rings. The lowest BCUT2D eigenvalue weighted by molar-refractivity contribution is -0.115. The molecular formula is C25H28O3. The standard InChI is InChI=1S/C25H28O3/c1-17-7-8-21(20-5-3-2-4-6-20)16-22(17)25-23(26)14-19(15-24(25)27)13-18-9-11-28-12-10-18/h2-8,16,18-19,26H,9-15H2,1H3. The van der Waals surface area contributed by atoms with Crippen LogP contribution in [-0.4, -0.2) is 24.1 Å². The molecule has 3 nitrogen and oxygen atoms in total. The molecule has 1 unspecified atom stereocenters. The summed E-state index contributed by atoms with van der Waals surface area (Å²) in [6.45, 7) is 3.65. The number of hydrogen-bond acceptors (Lipinski definition) is 3. The van der Waals surface area contributed by atoms with Gasteiger partial charge in [0.1, 0.15) is 5.76 Å². The van der Waals surface area contributed by atoms with Gasteiger partial charge in [-0.15, -0.1) is 0 Å². The average Bonchev–Trinajstić information content (AvgIpc) is 2.70. The Bertz CT molecular complexity index is 876. The molecule has 0 saturated carbocycles. The monoisotopic (exact) mass is 376 g/mol. The number of aryl methyl sites for hydroxylation is 1. The second kappa shape index (κ2) is 8.32. The highest BCUT2D eigenvalue weighted by atomic mass is 16.5. The maximum absolute atomic E-state index is 13.0. The molecule has 1 saturated heterocycles. The molecule has 2 aromatic rings. The Labute approximate surface area is 167 Å². The first-order valence-corrected chi connectivity index (χ1v) is 10.3. The summed E-state index contributed by atoms with van der Waals surface area (Å²) in [7, 11) is 0. The number of hydrogen-bond donors (Lipinski definition) is 1. The molecular weight excluding hydrogens is 348 g/mol. The minimum Gasteiger partial charge on any atom is -0.512 e. The summed E-state index contributed by atoms with van der Waals surface area (Å²) >= 11 is 0. The highest BCUT2D eigenvalue weighted by molar-refractivity contribution is 6.22. The van der Waals surface area contributed by atoms with Crippen molar-refractivity contribution in [2.24, 2.45) is 11.8 Å². The molecule has 0 amide bonds. The highest BCUT2D eigenvalue weighted by Crippen LogP contribution is 2.38. The molecule has 1 fully saturated rings. The molecule has 1 aliphatic heterocycles. The first kappa shape index (κ1) is 18.9. The molecule has 0 spiro atoms. The maximum Gasteiger partial charge on any atom is 0.167 e. The Hall–Kier alpha value is -2.39. The van der Waals surface area contributed by atoms with Crippen molar-refractivity contribution in [1.82, 2.24) is 0 Å². The summed E-state index contributed by atoms with van der Waals surface area (Å²) in [6.07, 6.45) is 4.29. The van der Waals surface area contributed by atoms with Crippen molar-refractivity contribution in [3.8, 4) is 11.1 Å². The zero-order valence-electron chi connectivity index (χ0n) is 16.5. The molecule has 1 heterocycles. The zero-order valence-corrected chi connectivity index (χ0v) is 16.5. The average molecular weight is 376 g/mol. The van der Waals surface area contributed by atoms with Crippen LogP contribution in [0.4, 0.5) is 0 Å². The number of ketones is 1. The molecule has 2 aromatic carbocycles. The van der Waals surface area contributed by atoms with E-state index in [0.29, 0.717) is 24.3 Å². The normalized spacial score (nSPS) is 21.2. The SMILES string of the molecule is Cc1ccc(-c2ccccc2)cc1C1=C(O)CC(CC2CCOCC2)CC1=O. The van der Waals surface area contributed by atoms with Crippen molar-refractivity contribution in [1.29, 1.82) is 0 Å². The van der Waals surface area contributed by atoms with E-state index in [1.807, 2.05) is 37.3 Å². The molecule has 28 heavy (non-hydrogen) atoms. The number of aliphatic hydroxyl groups excluding tert-OH is 1. The molecule has 4 rings (SSSR count). The molecule has 0 aromatic heterocycles. The van der Waals surface area contributed by atoms with Gasteiger partial charge in [-0.2, -0.15) is 0 Å². The van der Waals surface area contributed by atoms with E-state index >= 15 is 0 Å². The first-order valence-electron chi connectivity index (χ1n) is 10.3. The number of Topliss-reactive ketones (excluding diaryl/α,β-unsaturated/α-hetero) is 1. The fourth-order valence-electron chi connectivity index (χ4n) is 4.60. The van der Waals surface area contributed by atoms with Gasteiger partial charge in [0.2, 0.25) is 0 Å². The van der Waals surface area contributed by atoms with Gasteiger partial charge in [0.15, 0.2) is 5.78 Å². The molecule has 0 bridgehead atoms. The van der Waals surface area contributed by atoms with Crippen LogP contribution in [0.5, 0.6) is 0 Å². The number of rotatable bonds is 4. The third-order valence-corrected chi connectivity index (χ3v) is 6.15. The summed E-state index contributed by atoms with van der Waals surface area (Å²) in [6, 6.07) is 16.3. The third-order valence-electron chi connectivity index (χ3n) is 6.15. The predicted octanol–water partition coefficient (Wildman–Crippen LogP) is 5.73. The molecule has 3 heteroatoms. The lowest BCUT2D eigenvalue weighted by Gasteiger charge is -2.29. The Balaban J connectivity index is 1.59. The van der Waals surface area contributed by atoms with Gasteiger partial charge in [-0.3, -0.25) is 4.79 Å². The fraction of sp³-hybridized carbons (Fsp3) is 0.400. The number of carbonyl (C=O) groups excluding carboxylic acids is 1. The van der Waals surface area contributed by atoms with E-state index in [0.717, 1.165) is 54.7 Å². The van der Waals surface area contributed by atoms with Crippen LogP contribution in [0.3, 0.4) is 0 Å². The van der Waals surface area contributed by atoms with E-state index in [-0.39, 0.29) is 17.5 Å². The van der Waals surface area contributed by atoms with Gasteiger partial charge < -0.3 is 9.84 Å². The Morgan fingerprint density at radius 1 is 0.964 bits per heavy atom. The number of aliphatic hydroxyl groups is 1. The van der Waals surface area contributed by atoms with Gasteiger partial charge in [-0.05, 0) is 66.3 Å². The molecule has 1 atom stereocenters. The van der Waals surface area contributed by atoms with Gasteiger partial charge in [0, 0.05) is 26.1 Å². The van der Waals surface area contributed by atoms with Crippen molar-refractivity contribution in [2.45, 2.75) is 39.0 Å². The minimum atomic E-state index is 0.0779. The summed E-state index contributed by atoms with van der Waals surface area (Å²) in [5, 5.41) is 10.8. The third kappa shape index (κ3) is 4.05. The van der Waals surface area contributed by atoms with E-state index in [1.165, 1.54) is 0 Å². The van der Waals surface area contributed by atoms with E-state index in [1.54, 1.807) is 0 Å². The van der Waals surface area contributed by atoms with Crippen LogP contribution in [-0.2, 0) is 9.53 Å². The lowest BCUT2D eigenvalue weighted by Crippen LogP contribution is -2.24. The number of carbonyl (C=O) groups is 1. The van der Waals surface area contributed by atoms with Crippen molar-refractivity contribution in [3.63, 3.8) is 0 Å². The van der Waals surface area contributed by atoms with Gasteiger partial charge >= 0.3 is 0 Å². The van der Waals surface area contributed by atoms with Crippen LogP contribution in [0.15, 0.2) is 54.3 Å². The number of allylic oxidation sites excluding steroid dienone is 2.